The van der Waals surface area contributed by atoms with Crippen LogP contribution >= 0.6 is 0 Å². The number of piperazine rings is 1. The maximum atomic E-state index is 3.62. The summed E-state index contributed by atoms with van der Waals surface area (Å²) >= 11 is 0. The highest BCUT2D eigenvalue weighted by atomic mass is 15.2. The lowest BCUT2D eigenvalue weighted by Crippen LogP contribution is -2.58. The molecular formula is C13H28N2. The summed E-state index contributed by atoms with van der Waals surface area (Å²) in [7, 11) is 0. The molecule has 0 aromatic heterocycles. The fourth-order valence-electron chi connectivity index (χ4n) is 2.54. The van der Waals surface area contributed by atoms with Gasteiger partial charge in [-0.05, 0) is 26.2 Å². The van der Waals surface area contributed by atoms with Crippen LogP contribution in [0.2, 0.25) is 0 Å². The molecule has 0 saturated carbocycles. The fourth-order valence-corrected chi connectivity index (χ4v) is 2.54. The zero-order chi connectivity index (χ0) is 11.5. The fraction of sp³-hybridized carbons (Fsp3) is 1.00. The Labute approximate surface area is 95.4 Å². The lowest BCUT2D eigenvalue weighted by Gasteiger charge is -2.45. The van der Waals surface area contributed by atoms with Crippen LogP contribution in [0.5, 0.6) is 0 Å². The number of nitrogens with one attached hydrogen (secondary N) is 1. The van der Waals surface area contributed by atoms with E-state index in [1.165, 1.54) is 25.9 Å². The molecule has 15 heavy (non-hydrogen) atoms. The zero-order valence-electron chi connectivity index (χ0n) is 11.1. The molecule has 0 amide bonds. The van der Waals surface area contributed by atoms with Gasteiger partial charge in [0.2, 0.25) is 0 Å². The lowest BCUT2D eigenvalue weighted by molar-refractivity contribution is 0.0649. The molecule has 0 bridgehead atoms. The average molecular weight is 212 g/mol. The molecule has 1 fully saturated rings. The van der Waals surface area contributed by atoms with Crippen LogP contribution in [0.4, 0.5) is 0 Å². The van der Waals surface area contributed by atoms with E-state index in [0.29, 0.717) is 11.6 Å². The van der Waals surface area contributed by atoms with E-state index in [2.05, 4.69) is 44.8 Å². The third-order valence-electron chi connectivity index (χ3n) is 3.73. The summed E-state index contributed by atoms with van der Waals surface area (Å²) in [5, 5.41) is 3.62. The summed E-state index contributed by atoms with van der Waals surface area (Å²) in [6.07, 6.45) is 2.58. The Kier molecular flexibility index (Phi) is 4.60. The largest absolute Gasteiger partial charge is 0.311 e. The molecule has 1 saturated heterocycles. The van der Waals surface area contributed by atoms with Crippen LogP contribution in [-0.4, -0.2) is 36.1 Å². The van der Waals surface area contributed by atoms with Gasteiger partial charge in [0.25, 0.3) is 0 Å². The molecule has 1 atom stereocenters. The molecule has 0 aromatic rings. The molecule has 1 N–H and O–H groups in total. The number of hydrogen-bond acceptors (Lipinski definition) is 2. The Morgan fingerprint density at radius 3 is 2.60 bits per heavy atom. The SMILES string of the molecule is CCCC(C)(C)N1CCNC(C(C)C)C1. The van der Waals surface area contributed by atoms with Crippen molar-refractivity contribution in [1.29, 1.82) is 0 Å². The molecule has 2 heteroatoms. The van der Waals surface area contributed by atoms with Gasteiger partial charge in [-0.15, -0.1) is 0 Å². The van der Waals surface area contributed by atoms with Crippen LogP contribution in [-0.2, 0) is 0 Å². The van der Waals surface area contributed by atoms with Crippen molar-refractivity contribution in [1.82, 2.24) is 10.2 Å². The summed E-state index contributed by atoms with van der Waals surface area (Å²) in [5.41, 5.74) is 0.379. The highest BCUT2D eigenvalue weighted by Gasteiger charge is 2.31. The molecule has 1 heterocycles. The minimum Gasteiger partial charge on any atom is -0.311 e. The van der Waals surface area contributed by atoms with Gasteiger partial charge in [0.1, 0.15) is 0 Å². The van der Waals surface area contributed by atoms with E-state index in [1.54, 1.807) is 0 Å². The van der Waals surface area contributed by atoms with Gasteiger partial charge in [-0.2, -0.15) is 0 Å². The van der Waals surface area contributed by atoms with Crippen LogP contribution in [0.1, 0.15) is 47.5 Å². The molecule has 0 aliphatic carbocycles. The average Bonchev–Trinajstić information content (AvgIpc) is 2.18. The van der Waals surface area contributed by atoms with Gasteiger partial charge >= 0.3 is 0 Å². The quantitative estimate of drug-likeness (QED) is 0.770. The van der Waals surface area contributed by atoms with E-state index in [4.69, 9.17) is 0 Å². The van der Waals surface area contributed by atoms with Crippen molar-refractivity contribution in [2.75, 3.05) is 19.6 Å². The van der Waals surface area contributed by atoms with Crippen LogP contribution in [0.25, 0.3) is 0 Å². The first-order valence-corrected chi connectivity index (χ1v) is 6.46. The van der Waals surface area contributed by atoms with Crippen molar-refractivity contribution < 1.29 is 0 Å². The first kappa shape index (κ1) is 13.0. The monoisotopic (exact) mass is 212 g/mol. The summed E-state index contributed by atoms with van der Waals surface area (Å²) in [6, 6.07) is 0.676. The standard InChI is InChI=1S/C13H28N2/c1-6-7-13(4,5)15-9-8-14-12(10-15)11(2)3/h11-12,14H,6-10H2,1-5H3. The highest BCUT2D eigenvalue weighted by Crippen LogP contribution is 2.23. The second kappa shape index (κ2) is 5.31. The van der Waals surface area contributed by atoms with E-state index in [1.807, 2.05) is 0 Å². The molecule has 0 aromatic carbocycles. The van der Waals surface area contributed by atoms with Crippen LogP contribution in [0.15, 0.2) is 0 Å². The van der Waals surface area contributed by atoms with Gasteiger partial charge in [0, 0.05) is 31.2 Å². The van der Waals surface area contributed by atoms with E-state index in [-0.39, 0.29) is 0 Å². The van der Waals surface area contributed by atoms with Crippen molar-refractivity contribution in [2.45, 2.75) is 59.0 Å². The van der Waals surface area contributed by atoms with Crippen LogP contribution < -0.4 is 5.32 Å². The van der Waals surface area contributed by atoms with Gasteiger partial charge in [-0.3, -0.25) is 4.90 Å². The lowest BCUT2D eigenvalue weighted by atomic mass is 9.92. The molecule has 0 radical (unpaired) electrons. The first-order chi connectivity index (χ1) is 6.97. The van der Waals surface area contributed by atoms with Gasteiger partial charge in [0.05, 0.1) is 0 Å². The summed E-state index contributed by atoms with van der Waals surface area (Å²) in [6.45, 7) is 15.3. The Morgan fingerprint density at radius 2 is 2.07 bits per heavy atom. The molecule has 1 aliphatic heterocycles. The maximum Gasteiger partial charge on any atom is 0.0218 e. The molecule has 1 unspecified atom stereocenters. The molecular weight excluding hydrogens is 184 g/mol. The summed E-state index contributed by atoms with van der Waals surface area (Å²) in [5.74, 6) is 0.741. The number of hydrogen-bond donors (Lipinski definition) is 1. The third-order valence-corrected chi connectivity index (χ3v) is 3.73. The summed E-state index contributed by atoms with van der Waals surface area (Å²) < 4.78 is 0. The normalized spacial score (nSPS) is 24.8. The Hall–Kier alpha value is -0.0800. The summed E-state index contributed by atoms with van der Waals surface area (Å²) in [4.78, 5) is 2.66. The van der Waals surface area contributed by atoms with E-state index in [9.17, 15) is 0 Å². The maximum absolute atomic E-state index is 3.62. The number of rotatable bonds is 4. The van der Waals surface area contributed by atoms with Gasteiger partial charge in [0.15, 0.2) is 0 Å². The van der Waals surface area contributed by atoms with Crippen LogP contribution in [0, 0.1) is 5.92 Å². The predicted octanol–water partition coefficient (Wildman–Crippen LogP) is 2.49. The van der Waals surface area contributed by atoms with Crippen molar-refractivity contribution in [3.8, 4) is 0 Å². The van der Waals surface area contributed by atoms with E-state index >= 15 is 0 Å². The molecule has 90 valence electrons. The Morgan fingerprint density at radius 1 is 1.40 bits per heavy atom. The Balaban J connectivity index is 2.55. The minimum absolute atomic E-state index is 0.379. The van der Waals surface area contributed by atoms with Gasteiger partial charge < -0.3 is 5.32 Å². The smallest absolute Gasteiger partial charge is 0.0218 e. The second-order valence-corrected chi connectivity index (χ2v) is 5.81. The van der Waals surface area contributed by atoms with Crippen molar-refractivity contribution in [3.05, 3.63) is 0 Å². The second-order valence-electron chi connectivity index (χ2n) is 5.81. The molecule has 2 nitrogen and oxygen atoms in total. The Bertz CT molecular complexity index is 187. The minimum atomic E-state index is 0.379. The third kappa shape index (κ3) is 3.46. The highest BCUT2D eigenvalue weighted by molar-refractivity contribution is 4.89. The topological polar surface area (TPSA) is 15.3 Å². The molecule has 1 rings (SSSR count). The van der Waals surface area contributed by atoms with Crippen LogP contribution in [0.3, 0.4) is 0 Å². The molecule has 0 spiro atoms. The van der Waals surface area contributed by atoms with Crippen molar-refractivity contribution >= 4 is 0 Å². The van der Waals surface area contributed by atoms with Gasteiger partial charge in [-0.25, -0.2) is 0 Å². The van der Waals surface area contributed by atoms with Crippen molar-refractivity contribution in [3.63, 3.8) is 0 Å². The molecule has 1 aliphatic rings. The zero-order valence-corrected chi connectivity index (χ0v) is 11.1. The van der Waals surface area contributed by atoms with E-state index < -0.39 is 0 Å². The van der Waals surface area contributed by atoms with Crippen molar-refractivity contribution in [2.24, 2.45) is 5.92 Å². The first-order valence-electron chi connectivity index (χ1n) is 6.46. The predicted molar refractivity (Wildman–Crippen MR) is 67.2 cm³/mol. The number of nitrogens with zero attached hydrogens (tertiary/aromatic N) is 1. The van der Waals surface area contributed by atoms with E-state index in [0.717, 1.165) is 12.5 Å². The van der Waals surface area contributed by atoms with Gasteiger partial charge in [-0.1, -0.05) is 27.2 Å².